The molecule has 1 rings (SSSR count). The minimum absolute atomic E-state index is 0.0567. The first-order valence-electron chi connectivity index (χ1n) is 5.17. The first kappa shape index (κ1) is 10.3. The predicted molar refractivity (Wildman–Crippen MR) is 54.4 cm³/mol. The standard InChI is InChI=1S/C11H19NO/c1-3-6-11(13)12-10-8-5-4-7-9(10)2/h3,6,9-10H,4-5,7-8H2,1-2H3,(H,12,13). The van der Waals surface area contributed by atoms with Gasteiger partial charge in [-0.1, -0.05) is 25.8 Å². The smallest absolute Gasteiger partial charge is 0.243 e. The van der Waals surface area contributed by atoms with Gasteiger partial charge in [-0.2, -0.15) is 0 Å². The second-order valence-electron chi connectivity index (χ2n) is 3.88. The molecule has 1 aliphatic rings. The molecule has 1 N–H and O–H groups in total. The van der Waals surface area contributed by atoms with Gasteiger partial charge < -0.3 is 5.32 Å². The Morgan fingerprint density at radius 1 is 1.38 bits per heavy atom. The Hall–Kier alpha value is -0.790. The summed E-state index contributed by atoms with van der Waals surface area (Å²) in [5.74, 6) is 0.698. The van der Waals surface area contributed by atoms with Crippen molar-refractivity contribution in [2.24, 2.45) is 5.92 Å². The third-order valence-corrected chi connectivity index (χ3v) is 2.76. The van der Waals surface area contributed by atoms with Crippen molar-refractivity contribution in [3.8, 4) is 0 Å². The van der Waals surface area contributed by atoms with Crippen LogP contribution in [-0.4, -0.2) is 11.9 Å². The summed E-state index contributed by atoms with van der Waals surface area (Å²) in [4.78, 5) is 11.3. The van der Waals surface area contributed by atoms with Crippen LogP contribution in [0.4, 0.5) is 0 Å². The number of allylic oxidation sites excluding steroid dienone is 1. The molecule has 0 saturated heterocycles. The molecular formula is C11H19NO. The van der Waals surface area contributed by atoms with Crippen molar-refractivity contribution in [2.75, 3.05) is 0 Å². The third-order valence-electron chi connectivity index (χ3n) is 2.76. The Balaban J connectivity index is 2.37. The molecule has 0 bridgehead atoms. The van der Waals surface area contributed by atoms with Gasteiger partial charge in [0.1, 0.15) is 0 Å². The van der Waals surface area contributed by atoms with E-state index in [4.69, 9.17) is 0 Å². The van der Waals surface area contributed by atoms with Gasteiger partial charge in [-0.15, -0.1) is 0 Å². The molecule has 0 radical (unpaired) electrons. The molecule has 13 heavy (non-hydrogen) atoms. The minimum Gasteiger partial charge on any atom is -0.350 e. The van der Waals surface area contributed by atoms with Crippen molar-refractivity contribution in [1.29, 1.82) is 0 Å². The number of amides is 1. The minimum atomic E-state index is 0.0567. The van der Waals surface area contributed by atoms with E-state index >= 15 is 0 Å². The van der Waals surface area contributed by atoms with Crippen molar-refractivity contribution in [1.82, 2.24) is 5.32 Å². The van der Waals surface area contributed by atoms with Crippen LogP contribution in [0.25, 0.3) is 0 Å². The van der Waals surface area contributed by atoms with Crippen LogP contribution in [0.1, 0.15) is 39.5 Å². The summed E-state index contributed by atoms with van der Waals surface area (Å²) in [6.07, 6.45) is 8.34. The highest BCUT2D eigenvalue weighted by Crippen LogP contribution is 2.23. The van der Waals surface area contributed by atoms with Gasteiger partial charge in [-0.05, 0) is 31.8 Å². The fourth-order valence-electron chi connectivity index (χ4n) is 1.91. The van der Waals surface area contributed by atoms with Crippen LogP contribution >= 0.6 is 0 Å². The molecule has 0 aromatic rings. The number of hydrogen-bond donors (Lipinski definition) is 1. The fraction of sp³-hybridized carbons (Fsp3) is 0.727. The van der Waals surface area contributed by atoms with E-state index in [0.29, 0.717) is 12.0 Å². The number of rotatable bonds is 2. The summed E-state index contributed by atoms with van der Waals surface area (Å²) in [7, 11) is 0. The molecule has 1 amide bonds. The average Bonchev–Trinajstić information content (AvgIpc) is 2.09. The fourth-order valence-corrected chi connectivity index (χ4v) is 1.91. The van der Waals surface area contributed by atoms with Crippen LogP contribution in [0, 0.1) is 5.92 Å². The second kappa shape index (κ2) is 5.05. The van der Waals surface area contributed by atoms with Crippen LogP contribution in [0.2, 0.25) is 0 Å². The van der Waals surface area contributed by atoms with Gasteiger partial charge >= 0.3 is 0 Å². The monoisotopic (exact) mass is 181 g/mol. The lowest BCUT2D eigenvalue weighted by Gasteiger charge is -2.29. The van der Waals surface area contributed by atoms with Crippen molar-refractivity contribution in [3.63, 3.8) is 0 Å². The van der Waals surface area contributed by atoms with Crippen LogP contribution in [0.15, 0.2) is 12.2 Å². The summed E-state index contributed by atoms with van der Waals surface area (Å²) < 4.78 is 0. The largest absolute Gasteiger partial charge is 0.350 e. The molecule has 0 spiro atoms. The van der Waals surface area contributed by atoms with Gasteiger partial charge in [0.2, 0.25) is 5.91 Å². The summed E-state index contributed by atoms with van der Waals surface area (Å²) in [5.41, 5.74) is 0. The van der Waals surface area contributed by atoms with Gasteiger partial charge in [0.15, 0.2) is 0 Å². The van der Waals surface area contributed by atoms with E-state index in [0.717, 1.165) is 6.42 Å². The van der Waals surface area contributed by atoms with Crippen LogP contribution in [-0.2, 0) is 4.79 Å². The summed E-state index contributed by atoms with van der Waals surface area (Å²) in [6.45, 7) is 4.09. The second-order valence-corrected chi connectivity index (χ2v) is 3.88. The molecule has 0 heterocycles. The maximum atomic E-state index is 11.3. The molecule has 0 aromatic carbocycles. The normalized spacial score (nSPS) is 29.1. The molecule has 74 valence electrons. The van der Waals surface area contributed by atoms with Gasteiger partial charge in [0, 0.05) is 6.04 Å². The van der Waals surface area contributed by atoms with Crippen molar-refractivity contribution in [2.45, 2.75) is 45.6 Å². The zero-order valence-corrected chi connectivity index (χ0v) is 8.55. The number of nitrogens with one attached hydrogen (secondary N) is 1. The Labute approximate surface area is 80.4 Å². The number of hydrogen-bond acceptors (Lipinski definition) is 1. The lowest BCUT2D eigenvalue weighted by Crippen LogP contribution is -2.40. The lowest BCUT2D eigenvalue weighted by molar-refractivity contribution is -0.117. The Morgan fingerprint density at radius 3 is 2.69 bits per heavy atom. The van der Waals surface area contributed by atoms with Crippen LogP contribution in [0.5, 0.6) is 0 Å². The van der Waals surface area contributed by atoms with Crippen molar-refractivity contribution in [3.05, 3.63) is 12.2 Å². The first-order valence-corrected chi connectivity index (χ1v) is 5.17. The van der Waals surface area contributed by atoms with Gasteiger partial charge in [-0.25, -0.2) is 0 Å². The molecule has 0 aromatic heterocycles. The van der Waals surface area contributed by atoms with E-state index in [9.17, 15) is 4.79 Å². The molecule has 1 fully saturated rings. The maximum Gasteiger partial charge on any atom is 0.243 e. The Morgan fingerprint density at radius 2 is 2.08 bits per heavy atom. The molecule has 1 aliphatic carbocycles. The number of carbonyl (C=O) groups excluding carboxylic acids is 1. The summed E-state index contributed by atoms with van der Waals surface area (Å²) in [6, 6.07) is 0.400. The predicted octanol–water partition coefficient (Wildman–Crippen LogP) is 2.26. The lowest BCUT2D eigenvalue weighted by atomic mass is 9.86. The Bertz CT molecular complexity index is 198. The highest BCUT2D eigenvalue weighted by atomic mass is 16.1. The van der Waals surface area contributed by atoms with Crippen molar-refractivity contribution >= 4 is 5.91 Å². The highest BCUT2D eigenvalue weighted by molar-refractivity contribution is 5.87. The van der Waals surface area contributed by atoms with E-state index in [1.54, 1.807) is 12.2 Å². The van der Waals surface area contributed by atoms with E-state index in [1.165, 1.54) is 19.3 Å². The quantitative estimate of drug-likeness (QED) is 0.650. The van der Waals surface area contributed by atoms with E-state index in [-0.39, 0.29) is 5.91 Å². The van der Waals surface area contributed by atoms with Gasteiger partial charge in [0.25, 0.3) is 0 Å². The molecule has 2 nitrogen and oxygen atoms in total. The number of carbonyl (C=O) groups is 1. The SMILES string of the molecule is CC=CC(=O)NC1CCCCC1C. The van der Waals surface area contributed by atoms with Crippen LogP contribution < -0.4 is 5.32 Å². The molecule has 2 heteroatoms. The topological polar surface area (TPSA) is 29.1 Å². The molecular weight excluding hydrogens is 162 g/mol. The summed E-state index contributed by atoms with van der Waals surface area (Å²) >= 11 is 0. The zero-order chi connectivity index (χ0) is 9.68. The van der Waals surface area contributed by atoms with Gasteiger partial charge in [0.05, 0.1) is 0 Å². The summed E-state index contributed by atoms with van der Waals surface area (Å²) in [5, 5.41) is 3.04. The zero-order valence-electron chi connectivity index (χ0n) is 8.55. The average molecular weight is 181 g/mol. The maximum absolute atomic E-state index is 11.3. The molecule has 0 aliphatic heterocycles. The Kier molecular flexibility index (Phi) is 4.00. The molecule has 1 saturated carbocycles. The highest BCUT2D eigenvalue weighted by Gasteiger charge is 2.21. The van der Waals surface area contributed by atoms with Crippen LogP contribution in [0.3, 0.4) is 0 Å². The third kappa shape index (κ3) is 3.21. The molecule has 2 unspecified atom stereocenters. The van der Waals surface area contributed by atoms with Gasteiger partial charge in [-0.3, -0.25) is 4.79 Å². The van der Waals surface area contributed by atoms with E-state index in [2.05, 4.69) is 12.2 Å². The van der Waals surface area contributed by atoms with E-state index < -0.39 is 0 Å². The first-order chi connectivity index (χ1) is 6.24. The van der Waals surface area contributed by atoms with Crippen molar-refractivity contribution < 1.29 is 4.79 Å². The van der Waals surface area contributed by atoms with E-state index in [1.807, 2.05) is 6.92 Å². The molecule has 2 atom stereocenters.